The molecule has 0 spiro atoms. The minimum atomic E-state index is -0.152. The lowest BCUT2D eigenvalue weighted by atomic mass is 10.0. The number of aryl methyl sites for hydroxylation is 4. The van der Waals surface area contributed by atoms with Crippen molar-refractivity contribution in [3.05, 3.63) is 58.0 Å². The summed E-state index contributed by atoms with van der Waals surface area (Å²) in [4.78, 5) is 12.7. The zero-order chi connectivity index (χ0) is 19.1. The number of H-pyrrole nitrogens is 1. The minimum absolute atomic E-state index is 0.0583. The molecular formula is C21H25N5O. The molecule has 3 aromatic rings. The van der Waals surface area contributed by atoms with Crippen molar-refractivity contribution in [2.24, 2.45) is 7.05 Å². The summed E-state index contributed by atoms with van der Waals surface area (Å²) in [7, 11) is 1.91. The molecular weight excluding hydrogens is 338 g/mol. The Labute approximate surface area is 159 Å². The number of carbonyl (C=O) groups excluding carboxylic acids is 1. The third-order valence-electron chi connectivity index (χ3n) is 5.56. The van der Waals surface area contributed by atoms with E-state index in [1.165, 1.54) is 24.0 Å². The normalized spacial score (nSPS) is 14.2. The molecule has 1 unspecified atom stereocenters. The van der Waals surface area contributed by atoms with E-state index in [2.05, 4.69) is 38.8 Å². The van der Waals surface area contributed by atoms with Crippen molar-refractivity contribution in [1.29, 1.82) is 0 Å². The van der Waals surface area contributed by atoms with Crippen LogP contribution in [0.2, 0.25) is 0 Å². The summed E-state index contributed by atoms with van der Waals surface area (Å²) in [5.74, 6) is -0.152. The van der Waals surface area contributed by atoms with Crippen LogP contribution in [0.15, 0.2) is 24.3 Å². The predicted octanol–water partition coefficient (Wildman–Crippen LogP) is 3.41. The molecule has 2 N–H and O–H groups in total. The van der Waals surface area contributed by atoms with Gasteiger partial charge in [0.15, 0.2) is 0 Å². The van der Waals surface area contributed by atoms with E-state index in [0.29, 0.717) is 5.69 Å². The average Bonchev–Trinajstić information content (AvgIpc) is 3.34. The molecule has 0 saturated heterocycles. The van der Waals surface area contributed by atoms with Crippen LogP contribution in [0.4, 0.5) is 0 Å². The van der Waals surface area contributed by atoms with Gasteiger partial charge in [-0.3, -0.25) is 14.6 Å². The number of carbonyl (C=O) groups is 1. The van der Waals surface area contributed by atoms with E-state index in [-0.39, 0.29) is 11.9 Å². The number of aromatic nitrogens is 4. The maximum Gasteiger partial charge on any atom is 0.269 e. The van der Waals surface area contributed by atoms with Crippen molar-refractivity contribution in [2.75, 3.05) is 0 Å². The molecule has 2 heterocycles. The van der Waals surface area contributed by atoms with Gasteiger partial charge < -0.3 is 5.32 Å². The molecule has 6 nitrogen and oxygen atoms in total. The highest BCUT2D eigenvalue weighted by Gasteiger charge is 2.19. The van der Waals surface area contributed by atoms with Gasteiger partial charge in [-0.25, -0.2) is 0 Å². The van der Waals surface area contributed by atoms with Gasteiger partial charge >= 0.3 is 0 Å². The molecule has 2 aromatic heterocycles. The molecule has 27 heavy (non-hydrogen) atoms. The molecule has 0 radical (unpaired) electrons. The maximum absolute atomic E-state index is 12.7. The molecule has 1 amide bonds. The van der Waals surface area contributed by atoms with E-state index < -0.39 is 0 Å². The van der Waals surface area contributed by atoms with Crippen molar-refractivity contribution >= 4 is 5.91 Å². The van der Waals surface area contributed by atoms with Gasteiger partial charge in [0.25, 0.3) is 5.91 Å². The second-order valence-corrected chi connectivity index (χ2v) is 7.41. The van der Waals surface area contributed by atoms with E-state index in [1.54, 1.807) is 6.07 Å². The first-order valence-electron chi connectivity index (χ1n) is 9.42. The third-order valence-corrected chi connectivity index (χ3v) is 5.56. The maximum atomic E-state index is 12.7. The molecule has 1 aliphatic rings. The van der Waals surface area contributed by atoms with Gasteiger partial charge in [-0.2, -0.15) is 10.2 Å². The number of hydrogen-bond acceptors (Lipinski definition) is 3. The van der Waals surface area contributed by atoms with Crippen LogP contribution in [0.5, 0.6) is 0 Å². The number of hydrogen-bond donors (Lipinski definition) is 2. The number of nitrogens with one attached hydrogen (secondary N) is 2. The molecule has 0 fully saturated rings. The van der Waals surface area contributed by atoms with Crippen molar-refractivity contribution in [3.63, 3.8) is 0 Å². The van der Waals surface area contributed by atoms with Gasteiger partial charge in [-0.05, 0) is 62.8 Å². The summed E-state index contributed by atoms with van der Waals surface area (Å²) in [6, 6.07) is 8.28. The highest BCUT2D eigenvalue weighted by atomic mass is 16.2. The van der Waals surface area contributed by atoms with Crippen LogP contribution in [-0.4, -0.2) is 25.9 Å². The van der Waals surface area contributed by atoms with E-state index in [4.69, 9.17) is 0 Å². The fourth-order valence-corrected chi connectivity index (χ4v) is 3.93. The first kappa shape index (κ1) is 17.5. The predicted molar refractivity (Wildman–Crippen MR) is 105 cm³/mol. The Balaban J connectivity index is 1.51. The largest absolute Gasteiger partial charge is 0.344 e. The van der Waals surface area contributed by atoms with Crippen LogP contribution < -0.4 is 5.32 Å². The van der Waals surface area contributed by atoms with Gasteiger partial charge in [0, 0.05) is 18.3 Å². The highest BCUT2D eigenvalue weighted by molar-refractivity contribution is 5.93. The van der Waals surface area contributed by atoms with Gasteiger partial charge in [0.2, 0.25) is 0 Å². The second-order valence-electron chi connectivity index (χ2n) is 7.41. The lowest BCUT2D eigenvalue weighted by Crippen LogP contribution is -2.27. The summed E-state index contributed by atoms with van der Waals surface area (Å²) < 4.78 is 1.83. The van der Waals surface area contributed by atoms with Crippen molar-refractivity contribution < 1.29 is 4.79 Å². The van der Waals surface area contributed by atoms with Crippen LogP contribution >= 0.6 is 0 Å². The van der Waals surface area contributed by atoms with Crippen molar-refractivity contribution in [2.45, 2.75) is 46.1 Å². The topological polar surface area (TPSA) is 75.6 Å². The molecule has 6 heteroatoms. The van der Waals surface area contributed by atoms with Crippen molar-refractivity contribution in [3.8, 4) is 11.3 Å². The molecule has 1 aromatic carbocycles. The minimum Gasteiger partial charge on any atom is -0.344 e. The number of nitrogens with zero attached hydrogens (tertiary/aromatic N) is 3. The number of benzene rings is 1. The molecule has 0 aliphatic heterocycles. The summed E-state index contributed by atoms with van der Waals surface area (Å²) in [5.41, 5.74) is 8.10. The number of aromatic amines is 1. The van der Waals surface area contributed by atoms with Gasteiger partial charge in [0.05, 0.1) is 17.4 Å². The monoisotopic (exact) mass is 363 g/mol. The van der Waals surface area contributed by atoms with Crippen LogP contribution in [0.1, 0.15) is 58.0 Å². The second kappa shape index (κ2) is 6.68. The van der Waals surface area contributed by atoms with Crippen LogP contribution in [0, 0.1) is 13.8 Å². The quantitative estimate of drug-likeness (QED) is 0.746. The van der Waals surface area contributed by atoms with E-state index in [9.17, 15) is 4.79 Å². The Hall–Kier alpha value is -2.89. The molecule has 4 rings (SSSR count). The summed E-state index contributed by atoms with van der Waals surface area (Å²) >= 11 is 0. The lowest BCUT2D eigenvalue weighted by molar-refractivity contribution is 0.0935. The molecule has 0 saturated carbocycles. The first-order valence-corrected chi connectivity index (χ1v) is 9.42. The zero-order valence-electron chi connectivity index (χ0n) is 16.3. The number of rotatable bonds is 4. The zero-order valence-corrected chi connectivity index (χ0v) is 16.3. The van der Waals surface area contributed by atoms with Crippen LogP contribution in [0.3, 0.4) is 0 Å². The average molecular weight is 363 g/mol. The van der Waals surface area contributed by atoms with E-state index in [0.717, 1.165) is 34.6 Å². The lowest BCUT2D eigenvalue weighted by Gasteiger charge is -2.15. The van der Waals surface area contributed by atoms with Gasteiger partial charge in [-0.1, -0.05) is 18.2 Å². The highest BCUT2D eigenvalue weighted by Crippen LogP contribution is 2.27. The standard InChI is InChI=1S/C21H25N5O/c1-12(16-9-8-15-6-5-7-17(15)10-16)22-21(27)19-11-18(23-24-19)20-13(2)25-26(4)14(20)3/h8-12H,5-7H2,1-4H3,(H,22,27)(H,23,24). The smallest absolute Gasteiger partial charge is 0.269 e. The number of fused-ring (bicyclic) bond motifs is 1. The van der Waals surface area contributed by atoms with Crippen LogP contribution in [0.25, 0.3) is 11.3 Å². The number of amides is 1. The van der Waals surface area contributed by atoms with E-state index in [1.807, 2.05) is 32.5 Å². The van der Waals surface area contributed by atoms with Gasteiger partial charge in [0.1, 0.15) is 5.69 Å². The molecule has 0 bridgehead atoms. The molecule has 140 valence electrons. The summed E-state index contributed by atoms with van der Waals surface area (Å²) in [6.07, 6.45) is 3.53. The van der Waals surface area contributed by atoms with Crippen molar-refractivity contribution in [1.82, 2.24) is 25.3 Å². The fraction of sp³-hybridized carbons (Fsp3) is 0.381. The van der Waals surface area contributed by atoms with E-state index >= 15 is 0 Å². The summed E-state index contributed by atoms with van der Waals surface area (Å²) in [6.45, 7) is 5.97. The summed E-state index contributed by atoms with van der Waals surface area (Å²) in [5, 5.41) is 14.7. The Morgan fingerprint density at radius 3 is 2.74 bits per heavy atom. The SMILES string of the molecule is Cc1nn(C)c(C)c1-c1cc(C(=O)NC(C)c2ccc3c(c2)CCC3)[nH]n1. The molecule has 1 atom stereocenters. The Kier molecular flexibility index (Phi) is 4.34. The first-order chi connectivity index (χ1) is 12.9. The Morgan fingerprint density at radius 2 is 2.00 bits per heavy atom. The fourth-order valence-electron chi connectivity index (χ4n) is 3.93. The Bertz CT molecular complexity index is 1010. The third kappa shape index (κ3) is 3.16. The van der Waals surface area contributed by atoms with Crippen LogP contribution in [-0.2, 0) is 19.9 Å². The van der Waals surface area contributed by atoms with Gasteiger partial charge in [-0.15, -0.1) is 0 Å². The molecule has 1 aliphatic carbocycles. The Morgan fingerprint density at radius 1 is 1.22 bits per heavy atom.